The van der Waals surface area contributed by atoms with Gasteiger partial charge < -0.3 is 5.32 Å². The van der Waals surface area contributed by atoms with Crippen LogP contribution in [0.2, 0.25) is 0 Å². The van der Waals surface area contributed by atoms with Gasteiger partial charge >= 0.3 is 7.82 Å². The van der Waals surface area contributed by atoms with Crippen molar-refractivity contribution in [2.75, 3.05) is 26.4 Å². The molecule has 1 heterocycles. The number of nitrogens with one attached hydrogen (secondary N) is 1. The molecule has 1 saturated heterocycles. The first-order valence-corrected chi connectivity index (χ1v) is 18.1. The molecule has 5 rings (SSSR count). The molecule has 0 spiro atoms. The van der Waals surface area contributed by atoms with Gasteiger partial charge in [0.2, 0.25) is 0 Å². The predicted octanol–water partition coefficient (Wildman–Crippen LogP) is 9.33. The summed E-state index contributed by atoms with van der Waals surface area (Å²) >= 11 is 0. The molecule has 3 saturated carbocycles. The first-order chi connectivity index (χ1) is 18.6. The summed E-state index contributed by atoms with van der Waals surface area (Å²) in [6, 6.07) is 0. The molecule has 6 heteroatoms. The third kappa shape index (κ3) is 4.85. The largest absolute Gasteiger partial charge is 0.474 e. The number of phosphoric acid groups is 1. The number of hydrogen-bond donors (Lipinski definition) is 1. The summed E-state index contributed by atoms with van der Waals surface area (Å²) in [6.07, 6.45) is 15.0. The van der Waals surface area contributed by atoms with Crippen LogP contribution in [-0.2, 0) is 18.1 Å². The Kier molecular flexibility index (Phi) is 8.17. The van der Waals surface area contributed by atoms with Crippen LogP contribution in [0.3, 0.4) is 0 Å². The van der Waals surface area contributed by atoms with Gasteiger partial charge in [0.05, 0.1) is 19.8 Å². The Balaban J connectivity index is 1.52. The van der Waals surface area contributed by atoms with Crippen molar-refractivity contribution in [3.8, 4) is 0 Å². The van der Waals surface area contributed by atoms with Crippen LogP contribution < -0.4 is 5.32 Å². The van der Waals surface area contributed by atoms with Crippen molar-refractivity contribution in [2.24, 2.45) is 44.8 Å². The smallest absolute Gasteiger partial charge is 0.311 e. The van der Waals surface area contributed by atoms with E-state index >= 15 is 0 Å². The van der Waals surface area contributed by atoms with Crippen molar-refractivity contribution in [3.63, 3.8) is 0 Å². The molecule has 0 bridgehead atoms. The Bertz CT molecular complexity index is 1030. The molecule has 1 N–H and O–H groups in total. The maximum Gasteiger partial charge on any atom is 0.474 e. The van der Waals surface area contributed by atoms with E-state index in [0.717, 1.165) is 25.3 Å². The molecule has 1 aliphatic heterocycles. The fraction of sp³-hybridized carbons (Fsp3) is 0.941. The monoisotopic (exact) mass is 577 g/mol. The van der Waals surface area contributed by atoms with Gasteiger partial charge in [0, 0.05) is 11.0 Å². The van der Waals surface area contributed by atoms with Crippen LogP contribution in [-0.4, -0.2) is 31.9 Å². The highest BCUT2D eigenvalue weighted by molar-refractivity contribution is 7.48. The zero-order chi connectivity index (χ0) is 29.2. The second kappa shape index (κ2) is 10.5. The quantitative estimate of drug-likeness (QED) is 0.241. The van der Waals surface area contributed by atoms with Crippen molar-refractivity contribution in [3.05, 3.63) is 11.6 Å². The van der Waals surface area contributed by atoms with Gasteiger partial charge in [-0.05, 0) is 138 Å². The molecule has 5 nitrogen and oxygen atoms in total. The molecule has 0 amide bonds. The predicted molar refractivity (Wildman–Crippen MR) is 164 cm³/mol. The lowest BCUT2D eigenvalue weighted by Gasteiger charge is -2.70. The highest BCUT2D eigenvalue weighted by Crippen LogP contribution is 2.74. The Morgan fingerprint density at radius 2 is 1.55 bits per heavy atom. The molecule has 0 aromatic rings. The molecule has 230 valence electrons. The number of hydrogen-bond acceptors (Lipinski definition) is 5. The standard InChI is InChI=1S/C34H60NO4P/c1-10-37-40(36,38-11-2)39-24-34-20-18-29(3,4)23-26(34)25-13-14-28-31(7)16-12-22-35-30(5,6)27(31)15-17-33(28,9)32(25,8)19-21-34/h13,26-28,35H,10-12,14-24H2,1-9H3/t26?,27-,28+,31-,32+,33+,34+/m0/s1. The minimum Gasteiger partial charge on any atom is -0.311 e. The third-order valence-corrected chi connectivity index (χ3v) is 15.1. The summed E-state index contributed by atoms with van der Waals surface area (Å²) in [5.41, 5.74) is 3.06. The number of fused-ring (bicyclic) bond motifs is 7. The Hall–Kier alpha value is -0.190. The molecule has 0 radical (unpaired) electrons. The Morgan fingerprint density at radius 1 is 0.875 bits per heavy atom. The molecule has 0 aromatic carbocycles. The normalized spacial score (nSPS) is 44.3. The van der Waals surface area contributed by atoms with E-state index in [9.17, 15) is 4.57 Å². The summed E-state index contributed by atoms with van der Waals surface area (Å²) in [5, 5.41) is 3.94. The van der Waals surface area contributed by atoms with E-state index in [1.165, 1.54) is 51.4 Å². The Morgan fingerprint density at radius 3 is 2.23 bits per heavy atom. The highest BCUT2D eigenvalue weighted by Gasteiger charge is 2.67. The molecule has 40 heavy (non-hydrogen) atoms. The average Bonchev–Trinajstić information content (AvgIpc) is 2.98. The van der Waals surface area contributed by atoms with Gasteiger partial charge in [-0.2, -0.15) is 0 Å². The lowest BCUT2D eigenvalue weighted by molar-refractivity contribution is -0.160. The van der Waals surface area contributed by atoms with Gasteiger partial charge in [-0.25, -0.2) is 4.57 Å². The summed E-state index contributed by atoms with van der Waals surface area (Å²) in [6.45, 7) is 23.8. The minimum absolute atomic E-state index is 0.00323. The highest BCUT2D eigenvalue weighted by atomic mass is 31.2. The van der Waals surface area contributed by atoms with Crippen LogP contribution in [0.15, 0.2) is 11.6 Å². The van der Waals surface area contributed by atoms with E-state index in [4.69, 9.17) is 13.6 Å². The van der Waals surface area contributed by atoms with Gasteiger partial charge in [-0.3, -0.25) is 13.6 Å². The van der Waals surface area contributed by atoms with Gasteiger partial charge in [0.15, 0.2) is 0 Å². The number of phosphoric ester groups is 1. The van der Waals surface area contributed by atoms with Crippen molar-refractivity contribution >= 4 is 7.82 Å². The van der Waals surface area contributed by atoms with Gasteiger partial charge in [0.25, 0.3) is 0 Å². The van der Waals surface area contributed by atoms with E-state index < -0.39 is 7.82 Å². The fourth-order valence-corrected chi connectivity index (χ4v) is 12.4. The Labute approximate surface area is 246 Å². The van der Waals surface area contributed by atoms with E-state index in [0.29, 0.717) is 47.9 Å². The lowest BCUT2D eigenvalue weighted by Crippen LogP contribution is -2.64. The maximum atomic E-state index is 13.4. The summed E-state index contributed by atoms with van der Waals surface area (Å²) in [4.78, 5) is 0. The minimum atomic E-state index is -3.54. The summed E-state index contributed by atoms with van der Waals surface area (Å²) in [5.74, 6) is 1.89. The maximum absolute atomic E-state index is 13.4. The van der Waals surface area contributed by atoms with E-state index in [-0.39, 0.29) is 16.4 Å². The van der Waals surface area contributed by atoms with Crippen LogP contribution in [0.5, 0.6) is 0 Å². The number of allylic oxidation sites excluding steroid dienone is 2. The van der Waals surface area contributed by atoms with Crippen LogP contribution in [0.1, 0.15) is 127 Å². The molecule has 4 fully saturated rings. The topological polar surface area (TPSA) is 56.8 Å². The molecular formula is C34H60NO4P. The third-order valence-electron chi connectivity index (χ3n) is 13.5. The first kappa shape index (κ1) is 31.2. The van der Waals surface area contributed by atoms with Gasteiger partial charge in [0.1, 0.15) is 0 Å². The number of rotatable bonds is 7. The van der Waals surface area contributed by atoms with E-state index in [1.54, 1.807) is 5.57 Å². The first-order valence-electron chi connectivity index (χ1n) is 16.6. The molecule has 7 atom stereocenters. The van der Waals surface area contributed by atoms with Crippen molar-refractivity contribution in [1.29, 1.82) is 0 Å². The lowest BCUT2D eigenvalue weighted by atomic mass is 9.35. The SMILES string of the molecule is CCOP(=O)(OCC)OC[C@]12CCC(C)(C)CC1C1=CC[C@@H]3[C@@]4(C)CCCNC(C)(C)[C@@H]4CC[C@@]3(C)[C@]1(C)CC2. The van der Waals surface area contributed by atoms with Crippen LogP contribution >= 0.6 is 7.82 Å². The van der Waals surface area contributed by atoms with E-state index in [2.05, 4.69) is 59.9 Å². The second-order valence-corrected chi connectivity index (χ2v) is 18.1. The fourth-order valence-electron chi connectivity index (χ4n) is 11.2. The van der Waals surface area contributed by atoms with Gasteiger partial charge in [-0.1, -0.05) is 46.3 Å². The second-order valence-electron chi connectivity index (χ2n) is 16.4. The van der Waals surface area contributed by atoms with Gasteiger partial charge in [-0.15, -0.1) is 0 Å². The van der Waals surface area contributed by atoms with Crippen LogP contribution in [0, 0.1) is 44.8 Å². The molecule has 4 aliphatic carbocycles. The average molecular weight is 578 g/mol. The van der Waals surface area contributed by atoms with E-state index in [1.807, 2.05) is 13.8 Å². The summed E-state index contributed by atoms with van der Waals surface area (Å²) in [7, 11) is -3.54. The van der Waals surface area contributed by atoms with Crippen molar-refractivity contribution < 1.29 is 18.1 Å². The van der Waals surface area contributed by atoms with Crippen LogP contribution in [0.25, 0.3) is 0 Å². The molecule has 5 aliphatic rings. The zero-order valence-electron chi connectivity index (χ0n) is 27.3. The molecular weight excluding hydrogens is 517 g/mol. The molecule has 0 aromatic heterocycles. The van der Waals surface area contributed by atoms with Crippen molar-refractivity contribution in [1.82, 2.24) is 5.32 Å². The molecule has 1 unspecified atom stereocenters. The van der Waals surface area contributed by atoms with Crippen molar-refractivity contribution in [2.45, 2.75) is 132 Å². The summed E-state index contributed by atoms with van der Waals surface area (Å²) < 4.78 is 30.8. The zero-order valence-corrected chi connectivity index (χ0v) is 28.2. The van der Waals surface area contributed by atoms with Crippen LogP contribution in [0.4, 0.5) is 0 Å².